The lowest BCUT2D eigenvalue weighted by atomic mass is 10.1. The zero-order valence-electron chi connectivity index (χ0n) is 16.6. The van der Waals surface area contributed by atoms with Crippen molar-refractivity contribution in [3.8, 4) is 0 Å². The molecule has 0 saturated heterocycles. The summed E-state index contributed by atoms with van der Waals surface area (Å²) in [5.74, 6) is -1.49. The third kappa shape index (κ3) is 5.18. The molecule has 0 aromatic heterocycles. The zero-order valence-corrected chi connectivity index (χ0v) is 19.0. The Kier molecular flexibility index (Phi) is 6.73. The van der Waals surface area contributed by atoms with E-state index < -0.39 is 22.5 Å². The molecule has 0 unspecified atom stereocenters. The van der Waals surface area contributed by atoms with Gasteiger partial charge in [-0.2, -0.15) is 4.99 Å². The van der Waals surface area contributed by atoms with Gasteiger partial charge in [0.05, 0.1) is 17.5 Å². The van der Waals surface area contributed by atoms with Gasteiger partial charge < -0.3 is 10.2 Å². The number of rotatable bonds is 6. The molecule has 0 saturated carbocycles. The Morgan fingerprint density at radius 3 is 2.28 bits per heavy atom. The first-order valence-electron chi connectivity index (χ1n) is 9.07. The van der Waals surface area contributed by atoms with Crippen molar-refractivity contribution >= 4 is 67.4 Å². The molecule has 3 aromatic rings. The minimum absolute atomic E-state index is 0.0252. The van der Waals surface area contributed by atoms with Gasteiger partial charge in [0.25, 0.3) is 10.0 Å². The second-order valence-corrected chi connectivity index (χ2v) is 9.54. The van der Waals surface area contributed by atoms with Crippen LogP contribution in [-0.2, 0) is 14.8 Å². The summed E-state index contributed by atoms with van der Waals surface area (Å²) >= 11 is 11.9. The van der Waals surface area contributed by atoms with Crippen molar-refractivity contribution in [2.24, 2.45) is 4.99 Å². The fourth-order valence-electron chi connectivity index (χ4n) is 3.01. The molecular weight excluding hydrogens is 477 g/mol. The Hall–Kier alpha value is -3.14. The summed E-state index contributed by atoms with van der Waals surface area (Å²) in [4.78, 5) is 15.0. The largest absolute Gasteiger partial charge is 0.582 e. The Bertz CT molecular complexity index is 1350. The maximum Gasteiger partial charge on any atom is 0.329 e. The molecule has 0 amide bonds. The number of fused-ring (bicyclic) bond motifs is 1. The molecule has 4 N–H and O–H groups in total. The van der Waals surface area contributed by atoms with Gasteiger partial charge in [0, 0.05) is 15.6 Å². The van der Waals surface area contributed by atoms with Crippen molar-refractivity contribution in [2.45, 2.75) is 11.8 Å². The summed E-state index contributed by atoms with van der Waals surface area (Å²) in [7, 11) is -4.31. The summed E-state index contributed by atoms with van der Waals surface area (Å²) in [6.45, 7) is 0.625. The number of hydrogen-bond acceptors (Lipinski definition) is 4. The highest BCUT2D eigenvalue weighted by atomic mass is 35.5. The molecule has 8 nitrogen and oxygen atoms in total. The van der Waals surface area contributed by atoms with Gasteiger partial charge in [0.15, 0.2) is 5.84 Å². The summed E-state index contributed by atoms with van der Waals surface area (Å²) in [6, 6.07) is 13.4. The van der Waals surface area contributed by atoms with Crippen molar-refractivity contribution in [1.29, 1.82) is 5.41 Å². The van der Waals surface area contributed by atoms with Gasteiger partial charge in [-0.1, -0.05) is 41.4 Å². The van der Waals surface area contributed by atoms with Crippen LogP contribution in [-0.4, -0.2) is 42.9 Å². The summed E-state index contributed by atoms with van der Waals surface area (Å²) in [6.07, 6.45) is 0. The number of carboxylic acid groups (broad SMARTS) is 1. The van der Waals surface area contributed by atoms with E-state index in [1.807, 2.05) is 0 Å². The van der Waals surface area contributed by atoms with Gasteiger partial charge in [-0.3, -0.25) is 14.5 Å². The molecule has 0 aliphatic heterocycles. The summed E-state index contributed by atoms with van der Waals surface area (Å²) < 4.78 is 27.3. The molecule has 0 aliphatic carbocycles. The van der Waals surface area contributed by atoms with Gasteiger partial charge in [0.2, 0.25) is 0 Å². The smallest absolute Gasteiger partial charge is 0.329 e. The van der Waals surface area contributed by atoms with E-state index in [2.05, 4.69) is 4.99 Å². The predicted octanol–water partition coefficient (Wildman–Crippen LogP) is 3.89. The molecule has 0 spiro atoms. The molecule has 0 aliphatic rings. The van der Waals surface area contributed by atoms with E-state index in [1.54, 1.807) is 24.3 Å². The van der Waals surface area contributed by atoms with E-state index in [9.17, 15) is 18.3 Å². The number of sulfonamides is 1. The average Bonchev–Trinajstić information content (AvgIpc) is 2.69. The van der Waals surface area contributed by atoms with Gasteiger partial charge in [-0.05, 0) is 47.2 Å². The van der Waals surface area contributed by atoms with E-state index in [4.69, 9.17) is 33.7 Å². The molecule has 32 heavy (non-hydrogen) atoms. The Labute approximate surface area is 193 Å². The van der Waals surface area contributed by atoms with Crippen molar-refractivity contribution in [3.63, 3.8) is 0 Å². The molecule has 0 radical (unpaired) electrons. The van der Waals surface area contributed by atoms with Crippen LogP contribution < -0.4 is 4.31 Å². The quantitative estimate of drug-likeness (QED) is 0.305. The number of aliphatic carboxylic acids is 1. The molecule has 3 aromatic carbocycles. The molecule has 3 rings (SSSR count). The summed E-state index contributed by atoms with van der Waals surface area (Å²) in [5.41, 5.74) is 0.537. The van der Waals surface area contributed by atoms with E-state index >= 15 is 0 Å². The van der Waals surface area contributed by atoms with Crippen LogP contribution in [0.1, 0.15) is 12.5 Å². The highest BCUT2D eigenvalue weighted by molar-refractivity contribution is 7.92. The number of halogens is 2. The molecule has 0 atom stereocenters. The number of nitrogens with zero attached hydrogens (tertiary/aromatic N) is 2. The zero-order chi connectivity index (χ0) is 23.6. The number of carbonyl (C=O) groups is 1. The first-order chi connectivity index (χ1) is 15.0. The number of anilines is 1. The highest BCUT2D eigenvalue weighted by Gasteiger charge is 2.28. The molecular formula is C21H18Cl2N3O5S+. The van der Waals surface area contributed by atoms with Crippen molar-refractivity contribution in [2.75, 3.05) is 10.8 Å². The third-order valence-electron chi connectivity index (χ3n) is 4.37. The van der Waals surface area contributed by atoms with Crippen LogP contribution in [0.25, 0.3) is 10.8 Å². The molecule has 0 bridgehead atoms. The highest BCUT2D eigenvalue weighted by Crippen LogP contribution is 2.30. The Morgan fingerprint density at radius 2 is 1.69 bits per heavy atom. The van der Waals surface area contributed by atoms with Crippen LogP contribution in [0.4, 0.5) is 5.69 Å². The van der Waals surface area contributed by atoms with Crippen molar-refractivity contribution in [3.05, 3.63) is 70.2 Å². The van der Waals surface area contributed by atoms with Gasteiger partial charge >= 0.3 is 11.9 Å². The first-order valence-corrected chi connectivity index (χ1v) is 11.3. The fourth-order valence-corrected chi connectivity index (χ4v) is 5.14. The number of amidine groups is 1. The summed E-state index contributed by atoms with van der Waals surface area (Å²) in [5, 5.41) is 26.3. The Morgan fingerprint density at radius 1 is 1.06 bits per heavy atom. The predicted molar refractivity (Wildman–Crippen MR) is 126 cm³/mol. The topological polar surface area (TPSA) is 134 Å². The monoisotopic (exact) mass is 494 g/mol. The first kappa shape index (κ1) is 23.5. The van der Waals surface area contributed by atoms with Gasteiger partial charge in [0.1, 0.15) is 6.54 Å². The molecule has 166 valence electrons. The lowest BCUT2D eigenvalue weighted by Crippen LogP contribution is -2.35. The average molecular weight is 495 g/mol. The van der Waals surface area contributed by atoms with Crippen LogP contribution in [0.3, 0.4) is 0 Å². The maximum absolute atomic E-state index is 13.3. The van der Waals surface area contributed by atoms with E-state index in [-0.39, 0.29) is 32.4 Å². The van der Waals surface area contributed by atoms with Crippen LogP contribution in [0.15, 0.2) is 64.5 Å². The van der Waals surface area contributed by atoms with Crippen molar-refractivity contribution < 1.29 is 23.4 Å². The third-order valence-corrected chi connectivity index (χ3v) is 6.56. The van der Waals surface area contributed by atoms with Crippen LogP contribution in [0.2, 0.25) is 10.0 Å². The van der Waals surface area contributed by atoms with E-state index in [0.29, 0.717) is 10.9 Å². The Balaban J connectivity index is 2.14. The lowest BCUT2D eigenvalue weighted by Gasteiger charge is -2.23. The van der Waals surface area contributed by atoms with Crippen LogP contribution in [0, 0.1) is 5.41 Å². The van der Waals surface area contributed by atoms with E-state index in [1.165, 1.54) is 37.3 Å². The van der Waals surface area contributed by atoms with Gasteiger partial charge in [-0.25, -0.2) is 8.42 Å². The number of aliphatic imine (C=N–C) groups is 1. The number of nitrogens with one attached hydrogen (secondary N) is 1. The standard InChI is InChI=1S/C21H17Cl2N3O5S/c1-12(27)25-21(24)14-3-2-13-4-5-18(7-15(13)6-14)26(11-20(28)29)32(30,31)19-9-16(22)8-17(23)10-19/h2-10H,11H2,1H3,(H,28,29)(H2,24,25,27)/p+1. The molecule has 0 fully saturated rings. The van der Waals surface area contributed by atoms with Crippen molar-refractivity contribution in [1.82, 2.24) is 0 Å². The second kappa shape index (κ2) is 9.15. The van der Waals surface area contributed by atoms with E-state index in [0.717, 1.165) is 9.69 Å². The second-order valence-electron chi connectivity index (χ2n) is 6.80. The molecule has 11 heteroatoms. The fraction of sp³-hybridized carbons (Fsp3) is 0.0952. The minimum atomic E-state index is -4.31. The lowest BCUT2D eigenvalue weighted by molar-refractivity contribution is -0.135. The number of benzene rings is 3. The SMILES string of the molecule is CC([OH2+])=NC(=N)c1ccc2ccc(N(CC(=O)O)S(=O)(=O)c3cc(Cl)cc(Cl)c3)cc2c1. The molecule has 0 heterocycles. The normalized spacial score (nSPS) is 12.0. The minimum Gasteiger partial charge on any atom is -0.582 e. The maximum atomic E-state index is 13.3. The number of hydrogen-bond donors (Lipinski definition) is 2. The van der Waals surface area contributed by atoms with Gasteiger partial charge in [-0.15, -0.1) is 0 Å². The van der Waals surface area contributed by atoms with Crippen LogP contribution in [0.5, 0.6) is 0 Å². The van der Waals surface area contributed by atoms with Crippen LogP contribution >= 0.6 is 23.2 Å². The number of carboxylic acids is 1.